The molecule has 7 rings (SSSR count). The van der Waals surface area contributed by atoms with E-state index in [1.807, 2.05) is 0 Å². The van der Waals surface area contributed by atoms with Crippen LogP contribution in [0.3, 0.4) is 0 Å². The summed E-state index contributed by atoms with van der Waals surface area (Å²) in [5.74, 6) is -0.347. The van der Waals surface area contributed by atoms with Gasteiger partial charge in [0.25, 0.3) is 5.91 Å². The lowest BCUT2D eigenvalue weighted by Crippen LogP contribution is -2.61. The SMILES string of the molecule is O=C(N[C@H]1C[C@H]2CC[C@H]2C[C@H]2CC[C@@H](C(=O)N3CC(c4cnccc4F)C3)N2C1=O)c1cc2cc(CP(=O)(O)O)ccc2s1. The number of pyridine rings is 1. The number of amides is 3. The quantitative estimate of drug-likeness (QED) is 0.346. The molecule has 13 heteroatoms. The van der Waals surface area contributed by atoms with Crippen molar-refractivity contribution in [3.8, 4) is 0 Å². The molecule has 10 nitrogen and oxygen atoms in total. The van der Waals surface area contributed by atoms with Gasteiger partial charge in [0, 0.05) is 47.7 Å². The summed E-state index contributed by atoms with van der Waals surface area (Å²) in [6.45, 7) is 0.772. The fraction of sp³-hybridized carbons (Fsp3) is 0.484. The lowest BCUT2D eigenvalue weighted by Gasteiger charge is -2.47. The molecule has 5 heterocycles. The molecule has 1 saturated carbocycles. The van der Waals surface area contributed by atoms with Crippen LogP contribution < -0.4 is 5.32 Å². The zero-order valence-electron chi connectivity index (χ0n) is 24.0. The number of halogens is 1. The van der Waals surface area contributed by atoms with Crippen molar-refractivity contribution in [1.82, 2.24) is 20.1 Å². The van der Waals surface area contributed by atoms with Gasteiger partial charge in [0.05, 0.1) is 11.0 Å². The molecule has 3 saturated heterocycles. The average molecular weight is 641 g/mol. The zero-order chi connectivity index (χ0) is 30.7. The normalized spacial score (nSPS) is 27.2. The molecule has 5 atom stereocenters. The summed E-state index contributed by atoms with van der Waals surface area (Å²) >= 11 is 1.26. The number of carbonyl (C=O) groups is 3. The van der Waals surface area contributed by atoms with Gasteiger partial charge in [-0.3, -0.25) is 23.9 Å². The molecule has 232 valence electrons. The lowest BCUT2D eigenvalue weighted by atomic mass is 9.67. The van der Waals surface area contributed by atoms with Crippen LogP contribution in [0.15, 0.2) is 42.7 Å². The highest BCUT2D eigenvalue weighted by Gasteiger charge is 2.50. The summed E-state index contributed by atoms with van der Waals surface area (Å²) in [6, 6.07) is 6.68. The fourth-order valence-corrected chi connectivity index (χ4v) is 9.15. The van der Waals surface area contributed by atoms with Gasteiger partial charge in [-0.05, 0) is 85.6 Å². The summed E-state index contributed by atoms with van der Waals surface area (Å²) in [5.41, 5.74) is 0.984. The van der Waals surface area contributed by atoms with Crippen molar-refractivity contribution >= 4 is 46.7 Å². The highest BCUT2D eigenvalue weighted by Crippen LogP contribution is 2.46. The molecule has 0 radical (unpaired) electrons. The number of thiophene rings is 1. The van der Waals surface area contributed by atoms with Gasteiger partial charge in [0.15, 0.2) is 0 Å². The van der Waals surface area contributed by atoms with Crippen LogP contribution in [0, 0.1) is 17.7 Å². The largest absolute Gasteiger partial charge is 0.340 e. The molecular weight excluding hydrogens is 606 g/mol. The van der Waals surface area contributed by atoms with E-state index in [4.69, 9.17) is 0 Å². The molecule has 0 unspecified atom stereocenters. The van der Waals surface area contributed by atoms with Crippen molar-refractivity contribution in [1.29, 1.82) is 0 Å². The van der Waals surface area contributed by atoms with E-state index in [1.54, 1.807) is 34.1 Å². The number of aromatic nitrogens is 1. The second-order valence-corrected chi connectivity index (χ2v) is 15.5. The van der Waals surface area contributed by atoms with Crippen LogP contribution in [0.4, 0.5) is 4.39 Å². The minimum absolute atomic E-state index is 0.0476. The summed E-state index contributed by atoms with van der Waals surface area (Å²) in [4.78, 5) is 67.9. The predicted molar refractivity (Wildman–Crippen MR) is 161 cm³/mol. The second kappa shape index (κ2) is 11.3. The van der Waals surface area contributed by atoms with Crippen molar-refractivity contribution in [2.75, 3.05) is 13.1 Å². The summed E-state index contributed by atoms with van der Waals surface area (Å²) < 4.78 is 26.5. The van der Waals surface area contributed by atoms with E-state index >= 15 is 0 Å². The number of nitrogens with zero attached hydrogens (tertiary/aromatic N) is 3. The Morgan fingerprint density at radius 1 is 1.07 bits per heavy atom. The Hall–Kier alpha value is -3.18. The van der Waals surface area contributed by atoms with Crippen molar-refractivity contribution in [2.45, 2.75) is 68.7 Å². The van der Waals surface area contributed by atoms with Crippen LogP contribution in [-0.4, -0.2) is 73.5 Å². The van der Waals surface area contributed by atoms with E-state index in [2.05, 4.69) is 10.3 Å². The molecule has 2 aromatic heterocycles. The van der Waals surface area contributed by atoms with Gasteiger partial charge in [-0.2, -0.15) is 0 Å². The molecule has 3 amide bonds. The van der Waals surface area contributed by atoms with Gasteiger partial charge in [-0.25, -0.2) is 4.39 Å². The molecule has 3 N–H and O–H groups in total. The molecule has 0 spiro atoms. The Balaban J connectivity index is 1.08. The number of carbonyl (C=O) groups excluding carboxylic acids is 3. The molecule has 0 bridgehead atoms. The van der Waals surface area contributed by atoms with Crippen molar-refractivity contribution in [2.24, 2.45) is 11.8 Å². The fourth-order valence-electron chi connectivity index (χ4n) is 7.53. The van der Waals surface area contributed by atoms with E-state index in [0.29, 0.717) is 59.2 Å². The molecule has 4 fully saturated rings. The Morgan fingerprint density at radius 3 is 2.57 bits per heavy atom. The Labute approximate surface area is 257 Å². The van der Waals surface area contributed by atoms with E-state index in [-0.39, 0.29) is 41.7 Å². The summed E-state index contributed by atoms with van der Waals surface area (Å²) in [7, 11) is -4.23. The van der Waals surface area contributed by atoms with Crippen molar-refractivity contribution < 1.29 is 33.1 Å². The minimum Gasteiger partial charge on any atom is -0.340 e. The zero-order valence-corrected chi connectivity index (χ0v) is 25.7. The van der Waals surface area contributed by atoms with Gasteiger partial charge >= 0.3 is 7.60 Å². The van der Waals surface area contributed by atoms with Crippen LogP contribution >= 0.6 is 18.9 Å². The number of fused-ring (bicyclic) bond motifs is 3. The molecule has 3 aliphatic heterocycles. The third-order valence-electron chi connectivity index (χ3n) is 9.96. The summed E-state index contributed by atoms with van der Waals surface area (Å²) in [6.07, 6.45) is 7.35. The highest BCUT2D eigenvalue weighted by molar-refractivity contribution is 7.50. The van der Waals surface area contributed by atoms with Crippen LogP contribution in [0.2, 0.25) is 0 Å². The number of hydrogen-bond donors (Lipinski definition) is 3. The van der Waals surface area contributed by atoms with Gasteiger partial charge in [0.1, 0.15) is 17.9 Å². The maximum Gasteiger partial charge on any atom is 0.329 e. The van der Waals surface area contributed by atoms with Gasteiger partial charge in [-0.15, -0.1) is 11.3 Å². The second-order valence-electron chi connectivity index (χ2n) is 12.7. The monoisotopic (exact) mass is 640 g/mol. The Bertz CT molecular complexity index is 1690. The molecule has 1 aromatic carbocycles. The third-order valence-corrected chi connectivity index (χ3v) is 11.8. The lowest BCUT2D eigenvalue weighted by molar-refractivity contribution is -0.151. The smallest absolute Gasteiger partial charge is 0.329 e. The molecular formula is C31H34FN4O6PS. The molecule has 4 aliphatic rings. The molecule has 3 aromatic rings. The first-order valence-corrected chi connectivity index (χ1v) is 17.7. The van der Waals surface area contributed by atoms with Crippen LogP contribution in [0.5, 0.6) is 0 Å². The van der Waals surface area contributed by atoms with Crippen molar-refractivity contribution in [3.05, 3.63) is 64.5 Å². The van der Waals surface area contributed by atoms with E-state index in [1.165, 1.54) is 29.8 Å². The van der Waals surface area contributed by atoms with E-state index in [9.17, 15) is 33.1 Å². The Morgan fingerprint density at radius 2 is 1.84 bits per heavy atom. The maximum atomic E-state index is 14.3. The number of nitrogens with one attached hydrogen (secondary N) is 1. The first-order chi connectivity index (χ1) is 21.0. The minimum atomic E-state index is -4.23. The number of benzene rings is 1. The molecule has 44 heavy (non-hydrogen) atoms. The van der Waals surface area contributed by atoms with E-state index < -0.39 is 19.7 Å². The topological polar surface area (TPSA) is 140 Å². The first kappa shape index (κ1) is 29.5. The summed E-state index contributed by atoms with van der Waals surface area (Å²) in [5, 5.41) is 3.70. The number of hydrogen-bond acceptors (Lipinski definition) is 6. The first-order valence-electron chi connectivity index (χ1n) is 15.1. The van der Waals surface area contributed by atoms with Crippen LogP contribution in [-0.2, 0) is 20.3 Å². The van der Waals surface area contributed by atoms with Crippen LogP contribution in [0.1, 0.15) is 65.2 Å². The van der Waals surface area contributed by atoms with Crippen LogP contribution in [0.25, 0.3) is 10.1 Å². The average Bonchev–Trinajstić information content (AvgIpc) is 3.55. The Kier molecular flexibility index (Phi) is 7.59. The van der Waals surface area contributed by atoms with Gasteiger partial charge in [0.2, 0.25) is 11.8 Å². The predicted octanol–water partition coefficient (Wildman–Crippen LogP) is 4.02. The molecule has 1 aliphatic carbocycles. The van der Waals surface area contributed by atoms with E-state index in [0.717, 1.165) is 30.4 Å². The highest BCUT2D eigenvalue weighted by atomic mass is 32.1. The third kappa shape index (κ3) is 5.57. The number of likely N-dealkylation sites (tertiary alicyclic amines) is 1. The van der Waals surface area contributed by atoms with Crippen molar-refractivity contribution in [3.63, 3.8) is 0 Å². The maximum absolute atomic E-state index is 14.3. The number of rotatable bonds is 6. The standard InChI is InChI=1S/C31H34FN4O6PS/c32-24-7-8-33-13-23(24)21-14-35(15-21)31(39)26-5-4-22-10-18-2-3-19(18)11-25(30(38)36(22)26)34-29(37)28-12-20-9-17(16-43(40,41)42)1-6-27(20)44-28/h1,6-9,12-13,18-19,21-22,25-26H,2-5,10-11,14-16H2,(H,34,37)(H2,40,41,42)/t18-,19+,22+,25-,26-/m0/s1. The van der Waals surface area contributed by atoms with Gasteiger partial charge in [-0.1, -0.05) is 6.07 Å². The van der Waals surface area contributed by atoms with Gasteiger partial charge < -0.3 is 24.9 Å².